The summed E-state index contributed by atoms with van der Waals surface area (Å²) < 4.78 is 0. The third-order valence-corrected chi connectivity index (χ3v) is 0.618. The fraction of sp³-hybridized carbons (Fsp3) is 0.200. The number of nitrogens with two attached hydrogens (primary N) is 2. The van der Waals surface area contributed by atoms with Crippen molar-refractivity contribution < 1.29 is 0 Å². The first-order valence-electron chi connectivity index (χ1n) is 2.50. The van der Waals surface area contributed by atoms with Crippen molar-refractivity contribution in [3.05, 3.63) is 12.2 Å². The minimum Gasteiger partial charge on any atom is -0.367 e. The molecule has 0 unspecified atom stereocenters. The molecule has 0 bridgehead atoms. The van der Waals surface area contributed by atoms with E-state index in [1.165, 1.54) is 6.21 Å². The van der Waals surface area contributed by atoms with E-state index in [0.29, 0.717) is 0 Å². The molecule has 4 heteroatoms. The van der Waals surface area contributed by atoms with Gasteiger partial charge in [-0.3, -0.25) is 0 Å². The quantitative estimate of drug-likeness (QED) is 0.221. The predicted molar refractivity (Wildman–Crippen MR) is 39.1 cm³/mol. The second-order valence-electron chi connectivity index (χ2n) is 1.29. The monoisotopic (exact) mass is 126 g/mol. The van der Waals surface area contributed by atoms with E-state index in [2.05, 4.69) is 10.1 Å². The van der Waals surface area contributed by atoms with Crippen molar-refractivity contribution in [2.24, 2.45) is 21.7 Å². The Morgan fingerprint density at radius 1 is 1.56 bits per heavy atom. The molecule has 0 aliphatic heterocycles. The maximum absolute atomic E-state index is 5.11. The summed E-state index contributed by atoms with van der Waals surface area (Å²) in [6.07, 6.45) is 5.08. The van der Waals surface area contributed by atoms with E-state index in [9.17, 15) is 0 Å². The molecule has 0 fully saturated rings. The van der Waals surface area contributed by atoms with Gasteiger partial charge in [-0.05, 0) is 13.0 Å². The maximum atomic E-state index is 5.11. The molecule has 0 aliphatic carbocycles. The average molecular weight is 126 g/mol. The zero-order chi connectivity index (χ0) is 7.11. The maximum Gasteiger partial charge on any atom is 0.236 e. The molecule has 9 heavy (non-hydrogen) atoms. The Labute approximate surface area is 53.9 Å². The fourth-order valence-electron chi connectivity index (χ4n) is 0.239. The fourth-order valence-corrected chi connectivity index (χ4v) is 0.239. The summed E-state index contributed by atoms with van der Waals surface area (Å²) >= 11 is 0. The standard InChI is InChI=1S/C5H10N4/c1-2-3-4-8-5(6)9-7/h2-4H,7H2,1H3,(H2,6,9). The normalized spacial score (nSPS) is 13.7. The van der Waals surface area contributed by atoms with E-state index >= 15 is 0 Å². The highest BCUT2D eigenvalue weighted by molar-refractivity contribution is 5.89. The lowest BCUT2D eigenvalue weighted by Gasteiger charge is -1.82. The van der Waals surface area contributed by atoms with Crippen LogP contribution in [0.5, 0.6) is 0 Å². The predicted octanol–water partition coefficient (Wildman–Crippen LogP) is -0.178. The van der Waals surface area contributed by atoms with Crippen molar-refractivity contribution in [1.82, 2.24) is 0 Å². The second-order valence-corrected chi connectivity index (χ2v) is 1.29. The van der Waals surface area contributed by atoms with Crippen molar-refractivity contribution in [1.29, 1.82) is 0 Å². The summed E-state index contributed by atoms with van der Waals surface area (Å²) in [5.74, 6) is 4.86. The minimum absolute atomic E-state index is 0.0769. The smallest absolute Gasteiger partial charge is 0.236 e. The van der Waals surface area contributed by atoms with Crippen LogP contribution in [0.1, 0.15) is 6.92 Å². The summed E-state index contributed by atoms with van der Waals surface area (Å²) in [6.45, 7) is 1.88. The number of allylic oxidation sites excluding steroid dienone is 2. The highest BCUT2D eigenvalue weighted by Crippen LogP contribution is 1.67. The molecule has 0 saturated carbocycles. The highest BCUT2D eigenvalue weighted by atomic mass is 15.2. The van der Waals surface area contributed by atoms with Gasteiger partial charge in [0.25, 0.3) is 0 Å². The van der Waals surface area contributed by atoms with Crippen LogP contribution in [0.3, 0.4) is 0 Å². The van der Waals surface area contributed by atoms with E-state index in [-0.39, 0.29) is 5.96 Å². The second kappa shape index (κ2) is 4.83. The molecule has 0 rings (SSSR count). The van der Waals surface area contributed by atoms with Crippen LogP contribution in [0.25, 0.3) is 0 Å². The van der Waals surface area contributed by atoms with Crippen LogP contribution in [0, 0.1) is 0 Å². The van der Waals surface area contributed by atoms with Crippen LogP contribution in [-0.4, -0.2) is 12.2 Å². The lowest BCUT2D eigenvalue weighted by molar-refractivity contribution is 1.21. The third kappa shape index (κ3) is 4.53. The van der Waals surface area contributed by atoms with Gasteiger partial charge in [0.1, 0.15) is 0 Å². The summed E-state index contributed by atoms with van der Waals surface area (Å²) in [4.78, 5) is 3.62. The first-order chi connectivity index (χ1) is 4.31. The Morgan fingerprint density at radius 2 is 2.22 bits per heavy atom. The van der Waals surface area contributed by atoms with E-state index in [1.54, 1.807) is 6.08 Å². The molecule has 50 valence electrons. The van der Waals surface area contributed by atoms with E-state index in [4.69, 9.17) is 11.6 Å². The Kier molecular flexibility index (Phi) is 4.12. The molecule has 4 N–H and O–H groups in total. The lowest BCUT2D eigenvalue weighted by atomic mass is 10.6. The highest BCUT2D eigenvalue weighted by Gasteiger charge is 1.75. The summed E-state index contributed by atoms with van der Waals surface area (Å²) in [7, 11) is 0. The number of rotatable bonds is 1. The number of hydrogen-bond donors (Lipinski definition) is 2. The van der Waals surface area contributed by atoms with E-state index in [1.807, 2.05) is 13.0 Å². The van der Waals surface area contributed by atoms with Crippen molar-refractivity contribution in [2.45, 2.75) is 6.92 Å². The molecule has 0 heterocycles. The third-order valence-electron chi connectivity index (χ3n) is 0.618. The molecule has 0 aromatic carbocycles. The molecule has 0 radical (unpaired) electrons. The topological polar surface area (TPSA) is 76.8 Å². The van der Waals surface area contributed by atoms with Gasteiger partial charge in [0.2, 0.25) is 5.96 Å². The minimum atomic E-state index is 0.0769. The number of hydrogen-bond acceptors (Lipinski definition) is 2. The molecule has 0 spiro atoms. The zero-order valence-corrected chi connectivity index (χ0v) is 5.28. The number of guanidine groups is 1. The van der Waals surface area contributed by atoms with Crippen molar-refractivity contribution in [3.8, 4) is 0 Å². The summed E-state index contributed by atoms with van der Waals surface area (Å²) in [5.41, 5.74) is 5.11. The molecular weight excluding hydrogens is 116 g/mol. The van der Waals surface area contributed by atoms with E-state index in [0.717, 1.165) is 0 Å². The molecule has 0 amide bonds. The van der Waals surface area contributed by atoms with Crippen LogP contribution >= 0.6 is 0 Å². The zero-order valence-electron chi connectivity index (χ0n) is 5.28. The van der Waals surface area contributed by atoms with Crippen molar-refractivity contribution in [3.63, 3.8) is 0 Å². The van der Waals surface area contributed by atoms with Crippen molar-refractivity contribution >= 4 is 12.2 Å². The van der Waals surface area contributed by atoms with Gasteiger partial charge >= 0.3 is 0 Å². The number of aliphatic imine (C=N–C) groups is 1. The Bertz CT molecular complexity index is 145. The van der Waals surface area contributed by atoms with Gasteiger partial charge < -0.3 is 11.6 Å². The molecule has 0 aliphatic rings. The molecular formula is C5H10N4. The molecule has 0 aromatic rings. The van der Waals surface area contributed by atoms with Gasteiger partial charge in [-0.25, -0.2) is 4.99 Å². The Hall–Kier alpha value is -1.32. The summed E-state index contributed by atoms with van der Waals surface area (Å²) in [5, 5.41) is 3.12. The lowest BCUT2D eigenvalue weighted by Crippen LogP contribution is -2.10. The molecule has 0 atom stereocenters. The van der Waals surface area contributed by atoms with Gasteiger partial charge in [-0.1, -0.05) is 6.08 Å². The average Bonchev–Trinajstić information content (AvgIpc) is 1.89. The number of hydrazone groups is 1. The SMILES string of the molecule is CC=CC=NC(N)=NN. The van der Waals surface area contributed by atoms with Crippen molar-refractivity contribution in [2.75, 3.05) is 0 Å². The van der Waals surface area contributed by atoms with Crippen LogP contribution in [0.2, 0.25) is 0 Å². The first-order valence-corrected chi connectivity index (χ1v) is 2.50. The molecule has 4 nitrogen and oxygen atoms in total. The van der Waals surface area contributed by atoms with Gasteiger partial charge in [0.05, 0.1) is 0 Å². The van der Waals surface area contributed by atoms with Crippen LogP contribution < -0.4 is 11.6 Å². The Balaban J connectivity index is 3.71. The van der Waals surface area contributed by atoms with Gasteiger partial charge in [0, 0.05) is 6.21 Å². The molecule has 0 saturated heterocycles. The Morgan fingerprint density at radius 3 is 2.67 bits per heavy atom. The van der Waals surface area contributed by atoms with E-state index < -0.39 is 0 Å². The van der Waals surface area contributed by atoms with Gasteiger partial charge in [-0.2, -0.15) is 0 Å². The largest absolute Gasteiger partial charge is 0.367 e. The van der Waals surface area contributed by atoms with Gasteiger partial charge in [0.15, 0.2) is 0 Å². The van der Waals surface area contributed by atoms with Crippen LogP contribution in [0.15, 0.2) is 22.2 Å². The van der Waals surface area contributed by atoms with Crippen LogP contribution in [-0.2, 0) is 0 Å². The van der Waals surface area contributed by atoms with Crippen LogP contribution in [0.4, 0.5) is 0 Å². The molecule has 0 aromatic heterocycles. The van der Waals surface area contributed by atoms with Gasteiger partial charge in [-0.15, -0.1) is 5.10 Å². The first kappa shape index (κ1) is 7.68. The number of nitrogens with zero attached hydrogens (tertiary/aromatic N) is 2. The summed E-state index contributed by atoms with van der Waals surface area (Å²) in [6, 6.07) is 0.